The number of ether oxygens (including phenoxy) is 1. The molecule has 1 heterocycles. The van der Waals surface area contributed by atoms with E-state index in [0.29, 0.717) is 39.1 Å². The van der Waals surface area contributed by atoms with Gasteiger partial charge in [0.2, 0.25) is 11.8 Å². The molecule has 0 aromatic carbocycles. The first-order chi connectivity index (χ1) is 8.15. The van der Waals surface area contributed by atoms with Crippen molar-refractivity contribution in [2.45, 2.75) is 19.8 Å². The highest BCUT2D eigenvalue weighted by Gasteiger charge is 2.25. The third-order valence-corrected chi connectivity index (χ3v) is 2.87. The van der Waals surface area contributed by atoms with Gasteiger partial charge in [0.25, 0.3) is 0 Å². The van der Waals surface area contributed by atoms with E-state index in [-0.39, 0.29) is 17.7 Å². The van der Waals surface area contributed by atoms with Gasteiger partial charge in [0, 0.05) is 33.0 Å². The smallest absolute Gasteiger partial charge is 0.246 e. The molecule has 0 aliphatic carbocycles. The molecule has 0 radical (unpaired) electrons. The number of piperidine rings is 1. The Hall–Kier alpha value is -1.14. The zero-order valence-corrected chi connectivity index (χ0v) is 10.4. The predicted molar refractivity (Wildman–Crippen MR) is 60.9 cm³/mol. The van der Waals surface area contributed by atoms with Gasteiger partial charge in [0.15, 0.2) is 0 Å². The summed E-state index contributed by atoms with van der Waals surface area (Å²) in [5.74, 6) is -0.0994. The number of carbonyl (C=O) groups excluding carboxylic acids is 2. The van der Waals surface area contributed by atoms with Crippen molar-refractivity contribution in [2.75, 3.05) is 33.4 Å². The molecule has 1 N–H and O–H groups in total. The molecule has 0 aromatic rings. The summed E-state index contributed by atoms with van der Waals surface area (Å²) in [5, 5.41) is 0. The van der Waals surface area contributed by atoms with E-state index >= 15 is 0 Å². The molecular formula is C11H20N2O4. The first kappa shape index (κ1) is 13.9. The molecule has 98 valence electrons. The van der Waals surface area contributed by atoms with E-state index in [1.165, 1.54) is 0 Å². The quantitative estimate of drug-likeness (QED) is 0.543. The monoisotopic (exact) mass is 244 g/mol. The number of methoxy groups -OCH3 is 1. The third kappa shape index (κ3) is 4.70. The average molecular weight is 244 g/mol. The first-order valence-electron chi connectivity index (χ1n) is 5.81. The maximum absolute atomic E-state index is 11.7. The zero-order valence-electron chi connectivity index (χ0n) is 10.4. The number of likely N-dealkylation sites (tertiary alicyclic amines) is 1. The third-order valence-electron chi connectivity index (χ3n) is 2.87. The van der Waals surface area contributed by atoms with Crippen LogP contribution >= 0.6 is 0 Å². The van der Waals surface area contributed by atoms with E-state index in [9.17, 15) is 9.59 Å². The molecule has 0 aromatic heterocycles. The molecule has 0 spiro atoms. The van der Waals surface area contributed by atoms with Crippen LogP contribution in [0.5, 0.6) is 0 Å². The molecule has 17 heavy (non-hydrogen) atoms. The number of nitrogens with zero attached hydrogens (tertiary/aromatic N) is 1. The second kappa shape index (κ2) is 7.24. The van der Waals surface area contributed by atoms with E-state index in [1.807, 2.05) is 0 Å². The Bertz CT molecular complexity index is 262. The largest absolute Gasteiger partial charge is 0.382 e. The Labute approximate surface area is 101 Å². The van der Waals surface area contributed by atoms with Gasteiger partial charge in [0.05, 0.1) is 13.2 Å². The summed E-state index contributed by atoms with van der Waals surface area (Å²) in [6.45, 7) is 3.63. The average Bonchev–Trinajstić information content (AvgIpc) is 2.34. The van der Waals surface area contributed by atoms with Crippen LogP contribution < -0.4 is 5.48 Å². The fraction of sp³-hybridized carbons (Fsp3) is 0.818. The highest BCUT2D eigenvalue weighted by atomic mass is 16.7. The predicted octanol–water partition coefficient (Wildman–Crippen LogP) is -0.0609. The van der Waals surface area contributed by atoms with Gasteiger partial charge < -0.3 is 9.64 Å². The standard InChI is InChI=1S/C11H20N2O4/c1-9(14)13-5-3-10(4-6-13)11(15)12-17-8-7-16-2/h10H,3-8H2,1-2H3,(H,12,15). The fourth-order valence-electron chi connectivity index (χ4n) is 1.79. The summed E-state index contributed by atoms with van der Waals surface area (Å²) < 4.78 is 4.79. The molecule has 2 amide bonds. The van der Waals surface area contributed by atoms with E-state index in [4.69, 9.17) is 9.57 Å². The second-order valence-electron chi connectivity index (χ2n) is 4.09. The fourth-order valence-corrected chi connectivity index (χ4v) is 1.79. The van der Waals surface area contributed by atoms with Crippen LogP contribution in [0.15, 0.2) is 0 Å². The van der Waals surface area contributed by atoms with Crippen LogP contribution in [0, 0.1) is 5.92 Å². The second-order valence-corrected chi connectivity index (χ2v) is 4.09. The number of hydrogen-bond donors (Lipinski definition) is 1. The van der Waals surface area contributed by atoms with Gasteiger partial charge >= 0.3 is 0 Å². The van der Waals surface area contributed by atoms with Crippen molar-refractivity contribution >= 4 is 11.8 Å². The maximum atomic E-state index is 11.7. The molecule has 0 bridgehead atoms. The van der Waals surface area contributed by atoms with Crippen LogP contribution in [0.25, 0.3) is 0 Å². The molecular weight excluding hydrogens is 224 g/mol. The van der Waals surface area contributed by atoms with Crippen molar-refractivity contribution < 1.29 is 19.2 Å². The van der Waals surface area contributed by atoms with Crippen molar-refractivity contribution in [3.63, 3.8) is 0 Å². The Morgan fingerprint density at radius 1 is 1.29 bits per heavy atom. The van der Waals surface area contributed by atoms with Crippen LogP contribution in [-0.4, -0.2) is 50.1 Å². The number of amides is 2. The zero-order chi connectivity index (χ0) is 12.7. The number of hydroxylamine groups is 1. The lowest BCUT2D eigenvalue weighted by molar-refractivity contribution is -0.142. The lowest BCUT2D eigenvalue weighted by Crippen LogP contribution is -2.42. The highest BCUT2D eigenvalue weighted by Crippen LogP contribution is 2.17. The highest BCUT2D eigenvalue weighted by molar-refractivity contribution is 5.78. The molecule has 6 nitrogen and oxygen atoms in total. The van der Waals surface area contributed by atoms with Gasteiger partial charge in [-0.2, -0.15) is 0 Å². The van der Waals surface area contributed by atoms with Crippen molar-refractivity contribution in [1.82, 2.24) is 10.4 Å². The van der Waals surface area contributed by atoms with Gasteiger partial charge in [0.1, 0.15) is 0 Å². The summed E-state index contributed by atoms with van der Waals surface area (Å²) in [6.07, 6.45) is 1.39. The summed E-state index contributed by atoms with van der Waals surface area (Å²) in [5.41, 5.74) is 2.41. The van der Waals surface area contributed by atoms with E-state index < -0.39 is 0 Å². The summed E-state index contributed by atoms with van der Waals surface area (Å²) in [4.78, 5) is 29.5. The Balaban J connectivity index is 2.19. The van der Waals surface area contributed by atoms with Gasteiger partial charge in [-0.1, -0.05) is 0 Å². The normalized spacial score (nSPS) is 16.9. The van der Waals surface area contributed by atoms with Crippen LogP contribution in [0.1, 0.15) is 19.8 Å². The van der Waals surface area contributed by atoms with Gasteiger partial charge in [-0.15, -0.1) is 0 Å². The van der Waals surface area contributed by atoms with E-state index in [1.54, 1.807) is 18.9 Å². The molecule has 0 unspecified atom stereocenters. The number of carbonyl (C=O) groups is 2. The Morgan fingerprint density at radius 3 is 2.47 bits per heavy atom. The molecule has 0 saturated carbocycles. The molecule has 6 heteroatoms. The maximum Gasteiger partial charge on any atom is 0.246 e. The summed E-state index contributed by atoms with van der Waals surface area (Å²) >= 11 is 0. The number of hydrogen-bond acceptors (Lipinski definition) is 4. The minimum absolute atomic E-state index is 0.0619. The number of nitrogens with one attached hydrogen (secondary N) is 1. The van der Waals surface area contributed by atoms with Gasteiger partial charge in [-0.05, 0) is 12.8 Å². The minimum Gasteiger partial charge on any atom is -0.382 e. The molecule has 0 atom stereocenters. The number of rotatable bonds is 5. The van der Waals surface area contributed by atoms with Crippen LogP contribution in [0.3, 0.4) is 0 Å². The van der Waals surface area contributed by atoms with Gasteiger partial charge in [-0.3, -0.25) is 14.4 Å². The van der Waals surface area contributed by atoms with Crippen LogP contribution in [0.2, 0.25) is 0 Å². The lowest BCUT2D eigenvalue weighted by atomic mass is 9.96. The SMILES string of the molecule is COCCONC(=O)C1CCN(C(C)=O)CC1. The minimum atomic E-state index is -0.107. The van der Waals surface area contributed by atoms with Gasteiger partial charge in [-0.25, -0.2) is 5.48 Å². The van der Waals surface area contributed by atoms with Crippen molar-refractivity contribution in [3.05, 3.63) is 0 Å². The van der Waals surface area contributed by atoms with Crippen molar-refractivity contribution in [1.29, 1.82) is 0 Å². The topological polar surface area (TPSA) is 67.9 Å². The molecule has 1 aliphatic rings. The summed E-state index contributed by atoms with van der Waals surface area (Å²) in [7, 11) is 1.57. The molecule has 1 fully saturated rings. The van der Waals surface area contributed by atoms with Crippen LogP contribution in [0.4, 0.5) is 0 Å². The lowest BCUT2D eigenvalue weighted by Gasteiger charge is -2.30. The van der Waals surface area contributed by atoms with E-state index in [0.717, 1.165) is 0 Å². The first-order valence-corrected chi connectivity index (χ1v) is 5.81. The molecule has 1 saturated heterocycles. The molecule has 1 rings (SSSR count). The van der Waals surface area contributed by atoms with Crippen LogP contribution in [-0.2, 0) is 19.2 Å². The van der Waals surface area contributed by atoms with E-state index in [2.05, 4.69) is 5.48 Å². The molecule has 1 aliphatic heterocycles. The Kier molecular flexibility index (Phi) is 5.93. The Morgan fingerprint density at radius 2 is 1.94 bits per heavy atom. The summed E-state index contributed by atoms with van der Waals surface area (Å²) in [6, 6.07) is 0. The van der Waals surface area contributed by atoms with Crippen molar-refractivity contribution in [3.8, 4) is 0 Å². The van der Waals surface area contributed by atoms with Crippen molar-refractivity contribution in [2.24, 2.45) is 5.92 Å².